The molecule has 0 aliphatic carbocycles. The first-order chi connectivity index (χ1) is 9.13. The average molecular weight is 267 g/mol. The molecule has 0 heterocycles. The summed E-state index contributed by atoms with van der Waals surface area (Å²) in [4.78, 5) is 0. The van der Waals surface area contributed by atoms with Crippen LogP contribution in [0.3, 0.4) is 0 Å². The van der Waals surface area contributed by atoms with Crippen molar-refractivity contribution >= 4 is 0 Å². The van der Waals surface area contributed by atoms with Gasteiger partial charge in [0, 0.05) is 6.61 Å². The largest absolute Gasteiger partial charge is 0.497 e. The van der Waals surface area contributed by atoms with Gasteiger partial charge in [0.05, 0.1) is 33.0 Å². The molecular weight excluding hydrogens is 242 g/mol. The maximum absolute atomic E-state index is 6.06. The Labute approximate surface area is 115 Å². The maximum atomic E-state index is 6.06. The quantitative estimate of drug-likeness (QED) is 0.698. The fourth-order valence-electron chi connectivity index (χ4n) is 1.62. The minimum atomic E-state index is -0.139. The van der Waals surface area contributed by atoms with Gasteiger partial charge < -0.3 is 19.9 Å². The highest BCUT2D eigenvalue weighted by Crippen LogP contribution is 2.17. The summed E-state index contributed by atoms with van der Waals surface area (Å²) in [6.45, 7) is 6.69. The van der Waals surface area contributed by atoms with Crippen molar-refractivity contribution in [3.8, 4) is 5.75 Å². The number of hydrogen-bond acceptors (Lipinski definition) is 4. The molecular formula is C15H25NO3. The summed E-state index contributed by atoms with van der Waals surface area (Å²) in [6, 6.07) is 7.60. The predicted molar refractivity (Wildman–Crippen MR) is 76.4 cm³/mol. The highest BCUT2D eigenvalue weighted by Gasteiger charge is 2.07. The van der Waals surface area contributed by atoms with Gasteiger partial charge in [-0.05, 0) is 23.6 Å². The molecule has 19 heavy (non-hydrogen) atoms. The lowest BCUT2D eigenvalue weighted by Crippen LogP contribution is -2.19. The van der Waals surface area contributed by atoms with Gasteiger partial charge in [-0.2, -0.15) is 0 Å². The second-order valence-corrected chi connectivity index (χ2v) is 4.93. The smallest absolute Gasteiger partial charge is 0.119 e. The van der Waals surface area contributed by atoms with E-state index in [-0.39, 0.29) is 6.04 Å². The topological polar surface area (TPSA) is 53.7 Å². The third-order valence-electron chi connectivity index (χ3n) is 2.64. The number of rotatable bonds is 9. The van der Waals surface area contributed by atoms with Crippen molar-refractivity contribution in [2.75, 3.05) is 33.5 Å². The molecule has 0 saturated carbocycles. The van der Waals surface area contributed by atoms with Crippen LogP contribution < -0.4 is 10.5 Å². The van der Waals surface area contributed by atoms with Crippen molar-refractivity contribution in [3.63, 3.8) is 0 Å². The number of hydrogen-bond donors (Lipinski definition) is 1. The van der Waals surface area contributed by atoms with Crippen LogP contribution >= 0.6 is 0 Å². The van der Waals surface area contributed by atoms with E-state index in [1.807, 2.05) is 24.3 Å². The van der Waals surface area contributed by atoms with Crippen LogP contribution in [0.15, 0.2) is 24.3 Å². The van der Waals surface area contributed by atoms with E-state index in [9.17, 15) is 0 Å². The Hall–Kier alpha value is -1.10. The zero-order valence-electron chi connectivity index (χ0n) is 12.1. The Balaban J connectivity index is 2.21. The van der Waals surface area contributed by atoms with Crippen molar-refractivity contribution in [1.29, 1.82) is 0 Å². The summed E-state index contributed by atoms with van der Waals surface area (Å²) in [5.74, 6) is 1.37. The summed E-state index contributed by atoms with van der Waals surface area (Å²) in [5.41, 5.74) is 7.08. The minimum absolute atomic E-state index is 0.139. The van der Waals surface area contributed by atoms with Gasteiger partial charge >= 0.3 is 0 Å². The van der Waals surface area contributed by atoms with Crippen LogP contribution in [0, 0.1) is 5.92 Å². The van der Waals surface area contributed by atoms with Crippen molar-refractivity contribution in [1.82, 2.24) is 0 Å². The van der Waals surface area contributed by atoms with Gasteiger partial charge in [-0.25, -0.2) is 0 Å². The van der Waals surface area contributed by atoms with E-state index >= 15 is 0 Å². The van der Waals surface area contributed by atoms with E-state index in [0.29, 0.717) is 25.7 Å². The molecule has 0 aromatic heterocycles. The minimum Gasteiger partial charge on any atom is -0.497 e. The van der Waals surface area contributed by atoms with Crippen LogP contribution in [-0.4, -0.2) is 33.5 Å². The second-order valence-electron chi connectivity index (χ2n) is 4.93. The van der Waals surface area contributed by atoms with Crippen molar-refractivity contribution in [2.24, 2.45) is 11.7 Å². The van der Waals surface area contributed by atoms with E-state index in [4.69, 9.17) is 19.9 Å². The molecule has 1 atom stereocenters. The van der Waals surface area contributed by atoms with Gasteiger partial charge in [0.2, 0.25) is 0 Å². The molecule has 108 valence electrons. The van der Waals surface area contributed by atoms with E-state index in [1.54, 1.807) is 7.11 Å². The molecule has 1 aromatic rings. The first-order valence-corrected chi connectivity index (χ1v) is 6.68. The fourth-order valence-corrected chi connectivity index (χ4v) is 1.62. The van der Waals surface area contributed by atoms with Gasteiger partial charge in [0.25, 0.3) is 0 Å². The van der Waals surface area contributed by atoms with Crippen molar-refractivity contribution < 1.29 is 14.2 Å². The lowest BCUT2D eigenvalue weighted by molar-refractivity contribution is 0.0333. The second kappa shape index (κ2) is 8.91. The van der Waals surface area contributed by atoms with Crippen LogP contribution in [0.5, 0.6) is 5.75 Å². The zero-order chi connectivity index (χ0) is 14.1. The molecule has 0 saturated heterocycles. The van der Waals surface area contributed by atoms with Gasteiger partial charge in [-0.1, -0.05) is 26.0 Å². The molecule has 0 bridgehead atoms. The lowest BCUT2D eigenvalue weighted by atomic mass is 10.1. The van der Waals surface area contributed by atoms with E-state index in [2.05, 4.69) is 13.8 Å². The first kappa shape index (κ1) is 16.0. The molecule has 4 heteroatoms. The molecule has 1 rings (SSSR count). The molecule has 1 unspecified atom stereocenters. The monoisotopic (exact) mass is 267 g/mol. The number of methoxy groups -OCH3 is 1. The number of benzene rings is 1. The Bertz CT molecular complexity index is 355. The Kier molecular flexibility index (Phi) is 7.48. The third-order valence-corrected chi connectivity index (χ3v) is 2.64. The summed E-state index contributed by atoms with van der Waals surface area (Å²) in [6.07, 6.45) is 0. The van der Waals surface area contributed by atoms with Crippen LogP contribution in [0.1, 0.15) is 25.5 Å². The summed E-state index contributed by atoms with van der Waals surface area (Å²) < 4.78 is 16.1. The summed E-state index contributed by atoms with van der Waals surface area (Å²) in [7, 11) is 1.65. The Morgan fingerprint density at radius 3 is 2.42 bits per heavy atom. The molecule has 1 aromatic carbocycles. The molecule has 0 aliphatic heterocycles. The van der Waals surface area contributed by atoms with Crippen molar-refractivity contribution in [2.45, 2.75) is 19.9 Å². The molecule has 4 nitrogen and oxygen atoms in total. The van der Waals surface area contributed by atoms with E-state index < -0.39 is 0 Å². The van der Waals surface area contributed by atoms with E-state index in [0.717, 1.165) is 17.9 Å². The predicted octanol–water partition coefficient (Wildman–Crippen LogP) is 2.38. The molecule has 0 spiro atoms. The lowest BCUT2D eigenvalue weighted by Gasteiger charge is -2.14. The molecule has 2 N–H and O–H groups in total. The Morgan fingerprint density at radius 2 is 1.79 bits per heavy atom. The molecule has 0 fully saturated rings. The van der Waals surface area contributed by atoms with Gasteiger partial charge in [0.15, 0.2) is 0 Å². The van der Waals surface area contributed by atoms with Crippen LogP contribution in [0.4, 0.5) is 0 Å². The molecule has 0 radical (unpaired) electrons. The normalized spacial score (nSPS) is 12.7. The van der Waals surface area contributed by atoms with Crippen LogP contribution in [0.2, 0.25) is 0 Å². The van der Waals surface area contributed by atoms with Crippen LogP contribution in [0.25, 0.3) is 0 Å². The fraction of sp³-hybridized carbons (Fsp3) is 0.600. The summed E-state index contributed by atoms with van der Waals surface area (Å²) in [5, 5.41) is 0. The van der Waals surface area contributed by atoms with Crippen molar-refractivity contribution in [3.05, 3.63) is 29.8 Å². The van der Waals surface area contributed by atoms with E-state index in [1.165, 1.54) is 0 Å². The van der Waals surface area contributed by atoms with Gasteiger partial charge in [0.1, 0.15) is 5.75 Å². The molecule has 0 aliphatic rings. The Morgan fingerprint density at radius 1 is 1.11 bits per heavy atom. The standard InChI is InChI=1S/C15H25NO3/c1-12(2)10-18-7-8-19-11-15(16)13-5-4-6-14(9-13)17-3/h4-6,9,12,15H,7-8,10-11,16H2,1-3H3. The van der Waals surface area contributed by atoms with Gasteiger partial charge in [-0.15, -0.1) is 0 Å². The maximum Gasteiger partial charge on any atom is 0.119 e. The molecule has 0 amide bonds. The summed E-state index contributed by atoms with van der Waals surface area (Å²) >= 11 is 0. The average Bonchev–Trinajstić information content (AvgIpc) is 2.42. The SMILES string of the molecule is COc1cccc(C(N)COCCOCC(C)C)c1. The zero-order valence-corrected chi connectivity index (χ0v) is 12.1. The highest BCUT2D eigenvalue weighted by molar-refractivity contribution is 5.30. The third kappa shape index (κ3) is 6.57. The van der Waals surface area contributed by atoms with Crippen LogP contribution in [-0.2, 0) is 9.47 Å². The van der Waals surface area contributed by atoms with Gasteiger partial charge in [-0.3, -0.25) is 0 Å². The highest BCUT2D eigenvalue weighted by atomic mass is 16.5. The number of nitrogens with two attached hydrogens (primary N) is 1. The number of ether oxygens (including phenoxy) is 3. The first-order valence-electron chi connectivity index (χ1n) is 6.68.